The Balaban J connectivity index is 1.38. The molecule has 31 heavy (non-hydrogen) atoms. The highest BCUT2D eigenvalue weighted by Crippen LogP contribution is 2.44. The van der Waals surface area contributed by atoms with Gasteiger partial charge in [0.05, 0.1) is 0 Å². The van der Waals surface area contributed by atoms with Gasteiger partial charge in [0, 0.05) is 9.49 Å². The number of halogens is 1. The predicted molar refractivity (Wildman–Crippen MR) is 127 cm³/mol. The summed E-state index contributed by atoms with van der Waals surface area (Å²) in [5.74, 6) is -1.13. The van der Waals surface area contributed by atoms with Gasteiger partial charge in [-0.2, -0.15) is 0 Å². The first kappa shape index (κ1) is 21.4. The maximum absolute atomic E-state index is 12.4. The van der Waals surface area contributed by atoms with Crippen molar-refractivity contribution in [1.82, 2.24) is 5.32 Å². The van der Waals surface area contributed by atoms with Crippen molar-refractivity contribution in [2.24, 2.45) is 0 Å². The van der Waals surface area contributed by atoms with Crippen LogP contribution in [0.25, 0.3) is 11.1 Å². The molecular formula is C25H22INO4. The maximum Gasteiger partial charge on any atom is 0.407 e. The summed E-state index contributed by atoms with van der Waals surface area (Å²) in [5.41, 5.74) is 5.56. The molecule has 5 nitrogen and oxygen atoms in total. The zero-order chi connectivity index (χ0) is 21.8. The van der Waals surface area contributed by atoms with Crippen molar-refractivity contribution in [3.63, 3.8) is 0 Å². The lowest BCUT2D eigenvalue weighted by molar-refractivity contribution is -0.139. The predicted octanol–water partition coefficient (Wildman–Crippen LogP) is 5.22. The number of alkyl carbamates (subject to hydrolysis) is 1. The third-order valence-electron chi connectivity index (χ3n) is 5.54. The summed E-state index contributed by atoms with van der Waals surface area (Å²) in [6.07, 6.45) is 0.133. The minimum Gasteiger partial charge on any atom is -0.480 e. The molecule has 2 N–H and O–H groups in total. The second-order valence-corrected chi connectivity index (χ2v) is 8.77. The van der Waals surface area contributed by atoms with E-state index in [0.717, 1.165) is 31.4 Å². The molecule has 0 aromatic heterocycles. The Morgan fingerprint density at radius 3 is 2.23 bits per heavy atom. The van der Waals surface area contributed by atoms with Crippen molar-refractivity contribution >= 4 is 34.7 Å². The fourth-order valence-corrected chi connectivity index (χ4v) is 4.65. The summed E-state index contributed by atoms with van der Waals surface area (Å²) in [5, 5.41) is 12.0. The molecule has 0 radical (unpaired) electrons. The zero-order valence-corrected chi connectivity index (χ0v) is 18.9. The topological polar surface area (TPSA) is 75.6 Å². The van der Waals surface area contributed by atoms with Gasteiger partial charge in [0.1, 0.15) is 12.6 Å². The molecule has 0 fully saturated rings. The van der Waals surface area contributed by atoms with Crippen molar-refractivity contribution in [2.75, 3.05) is 6.61 Å². The third-order valence-corrected chi connectivity index (χ3v) is 6.22. The van der Waals surface area contributed by atoms with Gasteiger partial charge < -0.3 is 15.2 Å². The lowest BCUT2D eigenvalue weighted by Gasteiger charge is -2.17. The Bertz CT molecular complexity index is 1070. The van der Waals surface area contributed by atoms with Gasteiger partial charge in [0.15, 0.2) is 0 Å². The molecule has 0 saturated carbocycles. The molecular weight excluding hydrogens is 505 g/mol. The molecule has 1 aliphatic rings. The minimum absolute atomic E-state index is 0.0622. The fourth-order valence-electron chi connectivity index (χ4n) is 4.04. The second kappa shape index (κ2) is 9.51. The van der Waals surface area contributed by atoms with Gasteiger partial charge in [-0.25, -0.2) is 9.59 Å². The number of rotatable bonds is 7. The largest absolute Gasteiger partial charge is 0.480 e. The van der Waals surface area contributed by atoms with E-state index in [1.165, 1.54) is 0 Å². The average molecular weight is 527 g/mol. The van der Waals surface area contributed by atoms with Crippen LogP contribution in [-0.2, 0) is 16.0 Å². The zero-order valence-electron chi connectivity index (χ0n) is 16.8. The Kier molecular flexibility index (Phi) is 6.56. The maximum atomic E-state index is 12.4. The first-order valence-electron chi connectivity index (χ1n) is 10.1. The Morgan fingerprint density at radius 2 is 1.61 bits per heavy atom. The number of aryl methyl sites for hydroxylation is 1. The smallest absolute Gasteiger partial charge is 0.407 e. The molecule has 158 valence electrons. The highest BCUT2D eigenvalue weighted by Gasteiger charge is 2.29. The Labute approximate surface area is 194 Å². The lowest BCUT2D eigenvalue weighted by atomic mass is 9.98. The molecule has 6 heteroatoms. The average Bonchev–Trinajstić information content (AvgIpc) is 3.09. The van der Waals surface area contributed by atoms with Gasteiger partial charge in [0.25, 0.3) is 0 Å². The molecule has 0 aliphatic heterocycles. The van der Waals surface area contributed by atoms with Gasteiger partial charge in [0.2, 0.25) is 0 Å². The van der Waals surface area contributed by atoms with Crippen molar-refractivity contribution < 1.29 is 19.4 Å². The van der Waals surface area contributed by atoms with Crippen LogP contribution in [0.15, 0.2) is 72.8 Å². The van der Waals surface area contributed by atoms with Crippen LogP contribution < -0.4 is 5.32 Å². The van der Waals surface area contributed by atoms with Gasteiger partial charge in [-0.3, -0.25) is 0 Å². The standard InChI is InChI=1S/C25H22INO4/c26-17-7-5-6-16(14-17)12-13-23(24(28)29)27-25(30)31-15-22-20-10-3-1-8-18(20)19-9-2-4-11-21(19)22/h1-11,14,22-23H,12-13,15H2,(H,27,30)(H,28,29)/t23-/m0/s1. The van der Waals surface area contributed by atoms with E-state index < -0.39 is 18.1 Å². The highest BCUT2D eigenvalue weighted by molar-refractivity contribution is 14.1. The van der Waals surface area contributed by atoms with Gasteiger partial charge in [-0.15, -0.1) is 0 Å². The monoisotopic (exact) mass is 527 g/mol. The van der Waals surface area contributed by atoms with E-state index in [0.29, 0.717) is 12.8 Å². The molecule has 3 aromatic rings. The number of hydrogen-bond donors (Lipinski definition) is 2. The SMILES string of the molecule is O=C(N[C@@H](CCc1cccc(I)c1)C(=O)O)OCC1c2ccccc2-c2ccccc21. The van der Waals surface area contributed by atoms with E-state index >= 15 is 0 Å². The summed E-state index contributed by atoms with van der Waals surface area (Å²) >= 11 is 2.22. The molecule has 1 atom stereocenters. The van der Waals surface area contributed by atoms with E-state index in [-0.39, 0.29) is 12.5 Å². The number of hydrogen-bond acceptors (Lipinski definition) is 3. The summed E-state index contributed by atoms with van der Waals surface area (Å²) in [4.78, 5) is 24.0. The Hall–Kier alpha value is -2.87. The molecule has 4 rings (SSSR count). The quantitative estimate of drug-likeness (QED) is 0.414. The number of fused-ring (bicyclic) bond motifs is 3. The van der Waals surface area contributed by atoms with Crippen LogP contribution in [0, 0.1) is 3.57 Å². The number of amides is 1. The fraction of sp³-hybridized carbons (Fsp3) is 0.200. The lowest BCUT2D eigenvalue weighted by Crippen LogP contribution is -2.41. The number of carboxylic acid groups (broad SMARTS) is 1. The normalized spacial score (nSPS) is 13.2. The molecule has 0 bridgehead atoms. The number of benzene rings is 3. The van der Waals surface area contributed by atoms with Crippen LogP contribution in [0.1, 0.15) is 29.0 Å². The highest BCUT2D eigenvalue weighted by atomic mass is 127. The van der Waals surface area contributed by atoms with Crippen LogP contribution in [-0.4, -0.2) is 29.8 Å². The summed E-state index contributed by atoms with van der Waals surface area (Å²) in [6, 6.07) is 23.0. The van der Waals surface area contributed by atoms with Crippen LogP contribution in [0.4, 0.5) is 4.79 Å². The molecule has 0 spiro atoms. The van der Waals surface area contributed by atoms with Gasteiger partial charge in [-0.1, -0.05) is 60.7 Å². The summed E-state index contributed by atoms with van der Waals surface area (Å²) < 4.78 is 6.57. The van der Waals surface area contributed by atoms with Crippen LogP contribution in [0.3, 0.4) is 0 Å². The summed E-state index contributed by atoms with van der Waals surface area (Å²) in [7, 11) is 0. The molecule has 0 heterocycles. The molecule has 3 aromatic carbocycles. The number of ether oxygens (including phenoxy) is 1. The van der Waals surface area contributed by atoms with E-state index in [4.69, 9.17) is 4.74 Å². The van der Waals surface area contributed by atoms with Crippen LogP contribution >= 0.6 is 22.6 Å². The summed E-state index contributed by atoms with van der Waals surface area (Å²) in [6.45, 7) is 0.156. The molecule has 1 amide bonds. The first-order chi connectivity index (χ1) is 15.0. The third kappa shape index (κ3) is 4.90. The van der Waals surface area contributed by atoms with Crippen molar-refractivity contribution in [3.8, 4) is 11.1 Å². The van der Waals surface area contributed by atoms with Gasteiger partial charge >= 0.3 is 12.1 Å². The number of carboxylic acids is 1. The number of nitrogens with one attached hydrogen (secondary N) is 1. The van der Waals surface area contributed by atoms with E-state index in [9.17, 15) is 14.7 Å². The molecule has 1 aliphatic carbocycles. The van der Waals surface area contributed by atoms with Crippen molar-refractivity contribution in [2.45, 2.75) is 24.8 Å². The van der Waals surface area contributed by atoms with E-state index in [2.05, 4.69) is 40.0 Å². The Morgan fingerprint density at radius 1 is 0.968 bits per heavy atom. The number of carbonyl (C=O) groups excluding carboxylic acids is 1. The molecule has 0 unspecified atom stereocenters. The second-order valence-electron chi connectivity index (χ2n) is 7.53. The van der Waals surface area contributed by atoms with E-state index in [1.54, 1.807) is 0 Å². The number of carbonyl (C=O) groups is 2. The number of aliphatic carboxylic acids is 1. The van der Waals surface area contributed by atoms with Crippen LogP contribution in [0.5, 0.6) is 0 Å². The minimum atomic E-state index is -1.07. The van der Waals surface area contributed by atoms with E-state index in [1.807, 2.05) is 60.7 Å². The van der Waals surface area contributed by atoms with Gasteiger partial charge in [-0.05, 0) is 75.4 Å². The first-order valence-corrected chi connectivity index (χ1v) is 11.2. The molecule has 0 saturated heterocycles. The van der Waals surface area contributed by atoms with Crippen molar-refractivity contribution in [3.05, 3.63) is 93.1 Å². The van der Waals surface area contributed by atoms with Crippen molar-refractivity contribution in [1.29, 1.82) is 0 Å². The van der Waals surface area contributed by atoms with Crippen LogP contribution in [0.2, 0.25) is 0 Å².